The van der Waals surface area contributed by atoms with E-state index in [-0.39, 0.29) is 47.8 Å². The van der Waals surface area contributed by atoms with Gasteiger partial charge in [0.15, 0.2) is 23.1 Å². The van der Waals surface area contributed by atoms with Gasteiger partial charge in [-0.05, 0) is 25.7 Å². The fraction of sp³-hybridized carbons (Fsp3) is 0.971. The lowest BCUT2D eigenvalue weighted by Gasteiger charge is -2.53. The van der Waals surface area contributed by atoms with E-state index in [4.69, 9.17) is 47.4 Å². The second-order valence-electron chi connectivity index (χ2n) is 15.4. The largest absolute Gasteiger partial charge is 0.373 e. The van der Waals surface area contributed by atoms with E-state index in [0.29, 0.717) is 91.0 Å². The molecule has 8 fully saturated rings. The SMILES string of the molecule is CCCO[C@H]1[C@H]2OC3(CCC(=O)CC3)O[C@H]2[C@H](OCCC)[C@@H]2OC3(CCC4(CC3)OCC3(COC5(CCCCC5)OC3)CO4)O[C@H]12. The highest BCUT2D eigenvalue weighted by Crippen LogP contribution is 2.54. The Labute approximate surface area is 272 Å². The zero-order valence-electron chi connectivity index (χ0n) is 27.8. The summed E-state index contributed by atoms with van der Waals surface area (Å²) in [5.74, 6) is -2.34. The van der Waals surface area contributed by atoms with E-state index in [9.17, 15) is 4.79 Å². The van der Waals surface area contributed by atoms with Gasteiger partial charge in [-0.1, -0.05) is 20.3 Å². The van der Waals surface area contributed by atoms with Gasteiger partial charge in [-0.25, -0.2) is 0 Å². The minimum absolute atomic E-state index is 0.257. The molecule has 4 aliphatic heterocycles. The van der Waals surface area contributed by atoms with Crippen molar-refractivity contribution in [1.29, 1.82) is 0 Å². The van der Waals surface area contributed by atoms with E-state index in [0.717, 1.165) is 38.5 Å². The van der Waals surface area contributed by atoms with E-state index >= 15 is 0 Å². The minimum Gasteiger partial charge on any atom is -0.373 e. The Morgan fingerprint density at radius 2 is 0.935 bits per heavy atom. The second kappa shape index (κ2) is 12.5. The molecule has 4 saturated heterocycles. The van der Waals surface area contributed by atoms with Crippen LogP contribution in [0, 0.1) is 5.41 Å². The Morgan fingerprint density at radius 3 is 1.37 bits per heavy atom. The summed E-state index contributed by atoms with van der Waals surface area (Å²) in [5.41, 5.74) is -0.257. The van der Waals surface area contributed by atoms with Crippen molar-refractivity contribution in [2.45, 2.75) is 170 Å². The molecule has 260 valence electrons. The van der Waals surface area contributed by atoms with Crippen LogP contribution in [0.15, 0.2) is 0 Å². The Morgan fingerprint density at radius 1 is 0.543 bits per heavy atom. The van der Waals surface area contributed by atoms with Gasteiger partial charge in [0.05, 0.1) is 31.8 Å². The van der Waals surface area contributed by atoms with Gasteiger partial charge in [0.1, 0.15) is 42.4 Å². The quantitative estimate of drug-likeness (QED) is 0.399. The number of hydrogen-bond acceptors (Lipinski definition) is 11. The van der Waals surface area contributed by atoms with Crippen molar-refractivity contribution in [3.63, 3.8) is 0 Å². The maximum atomic E-state index is 12.1. The van der Waals surface area contributed by atoms with Crippen LogP contribution in [-0.4, -0.2) is 105 Å². The zero-order chi connectivity index (χ0) is 31.5. The summed E-state index contributed by atoms with van der Waals surface area (Å²) in [6.07, 6.45) is 9.87. The van der Waals surface area contributed by atoms with Crippen LogP contribution in [0.2, 0.25) is 0 Å². The van der Waals surface area contributed by atoms with Crippen LogP contribution in [-0.2, 0) is 52.2 Å². The molecule has 11 nitrogen and oxygen atoms in total. The number of carbonyl (C=O) groups is 1. The smallest absolute Gasteiger partial charge is 0.170 e. The van der Waals surface area contributed by atoms with Crippen LogP contribution >= 0.6 is 0 Å². The van der Waals surface area contributed by atoms with Crippen LogP contribution in [0.5, 0.6) is 0 Å². The number of Topliss-reactive ketones (excluding diaryl/α,β-unsaturated/α-hetero) is 1. The lowest BCUT2D eigenvalue weighted by Crippen LogP contribution is -2.63. The summed E-state index contributed by atoms with van der Waals surface area (Å²) in [6.45, 7) is 7.74. The van der Waals surface area contributed by atoms with Crippen molar-refractivity contribution in [2.24, 2.45) is 5.41 Å². The molecule has 0 radical (unpaired) electrons. The maximum Gasteiger partial charge on any atom is 0.170 e. The average molecular weight is 651 g/mol. The molecule has 5 spiro atoms. The molecular formula is C35H54O11. The lowest BCUT2D eigenvalue weighted by molar-refractivity contribution is -0.384. The van der Waals surface area contributed by atoms with Crippen molar-refractivity contribution < 1.29 is 52.2 Å². The molecule has 8 rings (SSSR count). The predicted octanol–water partition coefficient (Wildman–Crippen LogP) is 4.70. The van der Waals surface area contributed by atoms with Crippen LogP contribution in [0.3, 0.4) is 0 Å². The van der Waals surface area contributed by atoms with Gasteiger partial charge in [0, 0.05) is 77.4 Å². The number of fused-ring (bicyclic) bond motifs is 2. The maximum absolute atomic E-state index is 12.1. The van der Waals surface area contributed by atoms with Crippen LogP contribution in [0.25, 0.3) is 0 Å². The molecule has 8 aliphatic rings. The van der Waals surface area contributed by atoms with Gasteiger partial charge in [-0.2, -0.15) is 0 Å². The first kappa shape index (κ1) is 32.5. The number of ether oxygens (including phenoxy) is 10. The molecule has 4 heterocycles. The Hall–Kier alpha value is -0.730. The summed E-state index contributed by atoms with van der Waals surface area (Å²) in [7, 11) is 0. The number of carbonyl (C=O) groups excluding carboxylic acids is 1. The third-order valence-electron chi connectivity index (χ3n) is 11.9. The molecule has 0 aromatic carbocycles. The molecule has 0 aromatic rings. The molecular weight excluding hydrogens is 596 g/mol. The first-order valence-electron chi connectivity index (χ1n) is 18.3. The first-order chi connectivity index (χ1) is 22.3. The van der Waals surface area contributed by atoms with E-state index in [2.05, 4.69) is 13.8 Å². The fourth-order valence-corrected chi connectivity index (χ4v) is 9.13. The molecule has 4 saturated carbocycles. The van der Waals surface area contributed by atoms with Gasteiger partial charge in [0.2, 0.25) is 0 Å². The Bertz CT molecular complexity index is 1030. The first-order valence-corrected chi connectivity index (χ1v) is 18.3. The molecule has 4 aliphatic carbocycles. The van der Waals surface area contributed by atoms with E-state index in [1.807, 2.05) is 0 Å². The van der Waals surface area contributed by atoms with Crippen molar-refractivity contribution in [3.8, 4) is 0 Å². The highest BCUT2D eigenvalue weighted by Gasteiger charge is 2.68. The lowest BCUT2D eigenvalue weighted by atomic mass is 9.84. The second-order valence-corrected chi connectivity index (χ2v) is 15.4. The molecule has 0 aromatic heterocycles. The van der Waals surface area contributed by atoms with E-state index in [1.165, 1.54) is 6.42 Å². The third-order valence-corrected chi connectivity index (χ3v) is 11.9. The molecule has 0 N–H and O–H groups in total. The predicted molar refractivity (Wildman–Crippen MR) is 162 cm³/mol. The van der Waals surface area contributed by atoms with Crippen molar-refractivity contribution in [3.05, 3.63) is 0 Å². The average Bonchev–Trinajstić information content (AvgIpc) is 3.64. The Balaban J connectivity index is 0.941. The normalized spacial score (nSPS) is 40.1. The van der Waals surface area contributed by atoms with Gasteiger partial charge in [-0.15, -0.1) is 0 Å². The fourth-order valence-electron chi connectivity index (χ4n) is 9.13. The van der Waals surface area contributed by atoms with Crippen molar-refractivity contribution in [1.82, 2.24) is 0 Å². The van der Waals surface area contributed by atoms with Gasteiger partial charge in [-0.3, -0.25) is 4.79 Å². The summed E-state index contributed by atoms with van der Waals surface area (Å²) in [4.78, 5) is 12.1. The highest BCUT2D eigenvalue weighted by atomic mass is 16.8. The number of rotatable bonds is 6. The van der Waals surface area contributed by atoms with Crippen molar-refractivity contribution >= 4 is 5.78 Å². The summed E-state index contributed by atoms with van der Waals surface area (Å²) >= 11 is 0. The number of hydrogen-bond donors (Lipinski definition) is 0. The van der Waals surface area contributed by atoms with Gasteiger partial charge in [0.25, 0.3) is 0 Å². The highest BCUT2D eigenvalue weighted by molar-refractivity contribution is 5.79. The van der Waals surface area contributed by atoms with E-state index in [1.54, 1.807) is 0 Å². The third kappa shape index (κ3) is 5.82. The van der Waals surface area contributed by atoms with Gasteiger partial charge < -0.3 is 47.4 Å². The summed E-state index contributed by atoms with van der Waals surface area (Å²) in [5, 5.41) is 0. The molecule has 46 heavy (non-hydrogen) atoms. The zero-order valence-corrected chi connectivity index (χ0v) is 27.8. The van der Waals surface area contributed by atoms with Gasteiger partial charge >= 0.3 is 0 Å². The minimum atomic E-state index is -0.781. The summed E-state index contributed by atoms with van der Waals surface area (Å²) in [6, 6.07) is 0. The number of ketones is 1. The van der Waals surface area contributed by atoms with Crippen molar-refractivity contribution in [2.75, 3.05) is 39.6 Å². The molecule has 11 heteroatoms. The topological polar surface area (TPSA) is 109 Å². The van der Waals surface area contributed by atoms with E-state index < -0.39 is 23.1 Å². The molecule has 0 unspecified atom stereocenters. The monoisotopic (exact) mass is 650 g/mol. The van der Waals surface area contributed by atoms with Crippen LogP contribution < -0.4 is 0 Å². The standard InChI is InChI=1S/C35H54O11/c1-3-18-37-25-27-28(44-34(43-27)12-8-24(36)9-13-34)26(38-19-4-2)30-29(25)45-35(46-30)16-14-33(15-17-35)41-22-31(23-42-33)20-39-32(40-21-31)10-6-5-7-11-32/h25-30H,3-23H2,1-2H3/t25-,26-,27-,28+,29-,30+/m0/s1. The molecule has 0 bridgehead atoms. The molecule has 0 amide bonds. The molecule has 6 atom stereocenters. The Kier molecular flexibility index (Phi) is 8.86. The summed E-state index contributed by atoms with van der Waals surface area (Å²) < 4.78 is 66.3. The van der Waals surface area contributed by atoms with Crippen LogP contribution in [0.4, 0.5) is 0 Å². The van der Waals surface area contributed by atoms with Crippen LogP contribution in [0.1, 0.15) is 110 Å².